The fourth-order valence-corrected chi connectivity index (χ4v) is 1.68. The fourth-order valence-electron chi connectivity index (χ4n) is 1.40. The molecule has 0 amide bonds. The Balaban J connectivity index is 3.20. The molecule has 0 unspecified atom stereocenters. The van der Waals surface area contributed by atoms with E-state index in [1.807, 2.05) is 19.1 Å². The van der Waals surface area contributed by atoms with Crippen molar-refractivity contribution < 1.29 is 14.3 Å². The van der Waals surface area contributed by atoms with Crippen LogP contribution in [0.4, 0.5) is 0 Å². The summed E-state index contributed by atoms with van der Waals surface area (Å²) in [7, 11) is 1.53. The van der Waals surface area contributed by atoms with Gasteiger partial charge in [0.05, 0.1) is 16.8 Å². The zero-order valence-corrected chi connectivity index (χ0v) is 12.1. The van der Waals surface area contributed by atoms with Gasteiger partial charge in [-0.25, -0.2) is 0 Å². The first kappa shape index (κ1) is 15.0. The number of benzene rings is 1. The maximum atomic E-state index is 10.4. The minimum absolute atomic E-state index is 0.0115. The molecule has 5 heteroatoms. The summed E-state index contributed by atoms with van der Waals surface area (Å²) in [6.45, 7) is 5.64. The summed E-state index contributed by atoms with van der Waals surface area (Å²) < 4.78 is 9.85. The molecule has 98 valence electrons. The quantitative estimate of drug-likeness (QED) is 0.365. The van der Waals surface area contributed by atoms with E-state index in [0.29, 0.717) is 23.4 Å². The van der Waals surface area contributed by atoms with E-state index in [1.165, 1.54) is 7.11 Å². The Kier molecular flexibility index (Phi) is 5.16. The van der Waals surface area contributed by atoms with Crippen LogP contribution in [0, 0.1) is 0 Å². The van der Waals surface area contributed by atoms with Crippen LogP contribution in [0.3, 0.4) is 0 Å². The van der Waals surface area contributed by atoms with E-state index in [4.69, 9.17) is 9.47 Å². The Morgan fingerprint density at radius 3 is 2.67 bits per heavy atom. The number of rotatable bonds is 6. The topological polar surface area (TPSA) is 35.5 Å². The monoisotopic (exact) mass is 284 g/mol. The Bertz CT molecular complexity index is 450. The Hall–Kier alpha value is -1.07. The molecule has 3 nitrogen and oxygen atoms in total. The van der Waals surface area contributed by atoms with Crippen LogP contribution in [0.1, 0.15) is 18.1 Å². The molecule has 1 rings (SSSR count). The van der Waals surface area contributed by atoms with Gasteiger partial charge in [0, 0.05) is 0 Å². The third kappa shape index (κ3) is 3.71. The van der Waals surface area contributed by atoms with Crippen molar-refractivity contribution in [3.8, 4) is 5.75 Å². The maximum Gasteiger partial charge on any atom is 0.157 e. The maximum absolute atomic E-state index is 10.4. The number of thiol groups is 2. The van der Waals surface area contributed by atoms with Crippen LogP contribution in [0.5, 0.6) is 5.75 Å². The molecule has 0 saturated heterocycles. The SMILES string of the molecule is C=C(OC)c1cc(C(C)(S)S)ccc1OCC=O. The summed E-state index contributed by atoms with van der Waals surface area (Å²) in [6.07, 6.45) is 0.689. The van der Waals surface area contributed by atoms with Crippen molar-refractivity contribution >= 4 is 37.3 Å². The molecule has 0 saturated carbocycles. The van der Waals surface area contributed by atoms with Crippen LogP contribution >= 0.6 is 25.3 Å². The van der Waals surface area contributed by atoms with Gasteiger partial charge in [0.25, 0.3) is 0 Å². The minimum Gasteiger partial charge on any atom is -0.497 e. The van der Waals surface area contributed by atoms with Crippen LogP contribution in [-0.4, -0.2) is 20.0 Å². The highest BCUT2D eigenvalue weighted by Crippen LogP contribution is 2.36. The summed E-state index contributed by atoms with van der Waals surface area (Å²) in [5, 5.41) is 0. The lowest BCUT2D eigenvalue weighted by molar-refractivity contribution is -0.109. The predicted octanol–water partition coefficient (Wildman–Crippen LogP) is 2.91. The van der Waals surface area contributed by atoms with Crippen LogP contribution < -0.4 is 4.74 Å². The highest BCUT2D eigenvalue weighted by Gasteiger charge is 2.19. The lowest BCUT2D eigenvalue weighted by atomic mass is 10.1. The molecule has 0 spiro atoms. The number of ether oxygens (including phenoxy) is 2. The zero-order chi connectivity index (χ0) is 13.8. The third-order valence-electron chi connectivity index (χ3n) is 2.38. The number of methoxy groups -OCH3 is 1. The minimum atomic E-state index is -0.577. The predicted molar refractivity (Wildman–Crippen MR) is 79.4 cm³/mol. The van der Waals surface area contributed by atoms with E-state index >= 15 is 0 Å². The molecule has 0 bridgehead atoms. The van der Waals surface area contributed by atoms with E-state index in [-0.39, 0.29) is 6.61 Å². The number of aldehydes is 1. The molecular weight excluding hydrogens is 268 g/mol. The smallest absolute Gasteiger partial charge is 0.157 e. The average Bonchev–Trinajstić information content (AvgIpc) is 2.34. The third-order valence-corrected chi connectivity index (χ3v) is 2.90. The first-order chi connectivity index (χ1) is 8.40. The second kappa shape index (κ2) is 6.20. The largest absolute Gasteiger partial charge is 0.497 e. The highest BCUT2D eigenvalue weighted by molar-refractivity contribution is 7.99. The van der Waals surface area contributed by atoms with Gasteiger partial charge in [0.15, 0.2) is 6.29 Å². The first-order valence-corrected chi connectivity index (χ1v) is 6.18. The van der Waals surface area contributed by atoms with Crippen molar-refractivity contribution in [2.45, 2.75) is 11.0 Å². The van der Waals surface area contributed by atoms with E-state index in [0.717, 1.165) is 5.56 Å². The second-order valence-corrected chi connectivity index (χ2v) is 5.98. The molecular formula is C13H16O3S2. The lowest BCUT2D eigenvalue weighted by Crippen LogP contribution is -2.07. The van der Waals surface area contributed by atoms with Gasteiger partial charge in [-0.05, 0) is 24.6 Å². The standard InChI is InChI=1S/C13H16O3S2/c1-9(15-3)11-8-10(13(2,17)18)4-5-12(11)16-7-6-14/h4-6,8,17-18H,1,7H2,2-3H3. The number of hydrogen-bond donors (Lipinski definition) is 2. The number of carbonyl (C=O) groups is 1. The van der Waals surface area contributed by atoms with Crippen LogP contribution in [0.25, 0.3) is 5.76 Å². The van der Waals surface area contributed by atoms with Crippen molar-refractivity contribution in [2.24, 2.45) is 0 Å². The van der Waals surface area contributed by atoms with Crippen LogP contribution in [0.15, 0.2) is 24.8 Å². The van der Waals surface area contributed by atoms with Gasteiger partial charge in [0.2, 0.25) is 0 Å². The molecule has 0 aromatic heterocycles. The van der Waals surface area contributed by atoms with Crippen molar-refractivity contribution in [3.05, 3.63) is 35.9 Å². The van der Waals surface area contributed by atoms with Crippen molar-refractivity contribution in [2.75, 3.05) is 13.7 Å². The van der Waals surface area contributed by atoms with Crippen molar-refractivity contribution in [3.63, 3.8) is 0 Å². The molecule has 1 aromatic rings. The summed E-state index contributed by atoms with van der Waals surface area (Å²) in [4.78, 5) is 10.4. The molecule has 0 atom stereocenters. The molecule has 1 aromatic carbocycles. The molecule has 0 heterocycles. The summed E-state index contributed by atoms with van der Waals surface area (Å²) in [5.74, 6) is 1.01. The Labute approximate surface area is 118 Å². The van der Waals surface area contributed by atoms with E-state index < -0.39 is 4.08 Å². The highest BCUT2D eigenvalue weighted by atomic mass is 32.2. The van der Waals surface area contributed by atoms with Gasteiger partial charge in [-0.1, -0.05) is 12.6 Å². The molecule has 0 aliphatic carbocycles. The van der Waals surface area contributed by atoms with Gasteiger partial charge >= 0.3 is 0 Å². The molecule has 18 heavy (non-hydrogen) atoms. The summed E-state index contributed by atoms with van der Waals surface area (Å²) >= 11 is 8.78. The van der Waals surface area contributed by atoms with Crippen LogP contribution in [0.2, 0.25) is 0 Å². The number of hydrogen-bond acceptors (Lipinski definition) is 5. The van der Waals surface area contributed by atoms with Gasteiger partial charge in [-0.2, -0.15) is 25.3 Å². The normalized spacial score (nSPS) is 10.9. The van der Waals surface area contributed by atoms with Crippen molar-refractivity contribution in [1.82, 2.24) is 0 Å². The Morgan fingerprint density at radius 1 is 1.50 bits per heavy atom. The summed E-state index contributed by atoms with van der Waals surface area (Å²) in [5.41, 5.74) is 1.58. The second-order valence-electron chi connectivity index (χ2n) is 3.84. The van der Waals surface area contributed by atoms with E-state index in [2.05, 4.69) is 31.8 Å². The van der Waals surface area contributed by atoms with E-state index in [9.17, 15) is 4.79 Å². The van der Waals surface area contributed by atoms with Gasteiger partial charge in [-0.3, -0.25) is 4.79 Å². The van der Waals surface area contributed by atoms with E-state index in [1.54, 1.807) is 6.07 Å². The Morgan fingerprint density at radius 2 is 2.17 bits per heavy atom. The van der Waals surface area contributed by atoms with Crippen molar-refractivity contribution in [1.29, 1.82) is 0 Å². The molecule has 0 fully saturated rings. The first-order valence-electron chi connectivity index (χ1n) is 5.29. The number of carbonyl (C=O) groups excluding carboxylic acids is 1. The fraction of sp³-hybridized carbons (Fsp3) is 0.308. The molecule has 0 N–H and O–H groups in total. The summed E-state index contributed by atoms with van der Waals surface area (Å²) in [6, 6.07) is 5.43. The van der Waals surface area contributed by atoms with Gasteiger partial charge in [-0.15, -0.1) is 0 Å². The van der Waals surface area contributed by atoms with Crippen LogP contribution in [-0.2, 0) is 13.6 Å². The van der Waals surface area contributed by atoms with Gasteiger partial charge in [0.1, 0.15) is 18.1 Å². The lowest BCUT2D eigenvalue weighted by Gasteiger charge is -2.20. The molecule has 0 aliphatic rings. The zero-order valence-electron chi connectivity index (χ0n) is 10.3. The molecule has 0 aliphatic heterocycles. The molecule has 0 radical (unpaired) electrons. The van der Waals surface area contributed by atoms with Gasteiger partial charge < -0.3 is 9.47 Å². The average molecular weight is 284 g/mol.